The Kier molecular flexibility index (Phi) is 5.03. The van der Waals surface area contributed by atoms with E-state index < -0.39 is 0 Å². The van der Waals surface area contributed by atoms with Crippen molar-refractivity contribution in [2.75, 3.05) is 39.8 Å². The lowest BCUT2D eigenvalue weighted by Crippen LogP contribution is -2.54. The zero-order chi connectivity index (χ0) is 18.0. The Hall–Kier alpha value is -2.41. The second-order valence-corrected chi connectivity index (χ2v) is 6.53. The topological polar surface area (TPSA) is 70.2 Å². The van der Waals surface area contributed by atoms with E-state index in [1.165, 1.54) is 11.9 Å². The highest BCUT2D eigenvalue weighted by molar-refractivity contribution is 6.05. The standard InChI is InChI=1S/C18H23N3O4/c1-13-4-3-5-14(10-13)25-12-17(23)21-8-6-20(7-9-21)15-11-16(22)19(2)18(15)24/h3-5,10,15H,6-9,11-12H2,1-2H3. The van der Waals surface area contributed by atoms with Gasteiger partial charge >= 0.3 is 0 Å². The van der Waals surface area contributed by atoms with Crippen LogP contribution >= 0.6 is 0 Å². The monoisotopic (exact) mass is 345 g/mol. The fourth-order valence-corrected chi connectivity index (χ4v) is 3.25. The van der Waals surface area contributed by atoms with Crippen LogP contribution in [0.1, 0.15) is 12.0 Å². The number of aryl methyl sites for hydroxylation is 1. The van der Waals surface area contributed by atoms with Gasteiger partial charge in [-0.2, -0.15) is 0 Å². The van der Waals surface area contributed by atoms with Crippen LogP contribution in [-0.2, 0) is 14.4 Å². The van der Waals surface area contributed by atoms with Crippen LogP contribution in [-0.4, -0.2) is 78.3 Å². The fraction of sp³-hybridized carbons (Fsp3) is 0.500. The molecule has 2 saturated heterocycles. The maximum absolute atomic E-state index is 12.3. The van der Waals surface area contributed by atoms with Crippen molar-refractivity contribution in [1.29, 1.82) is 0 Å². The Labute approximate surface area is 147 Å². The average Bonchev–Trinajstić information content (AvgIpc) is 2.87. The van der Waals surface area contributed by atoms with Crippen molar-refractivity contribution in [3.63, 3.8) is 0 Å². The maximum atomic E-state index is 12.3. The van der Waals surface area contributed by atoms with Gasteiger partial charge in [-0.1, -0.05) is 12.1 Å². The number of ether oxygens (including phenoxy) is 1. The molecule has 134 valence electrons. The first-order chi connectivity index (χ1) is 12.0. The third-order valence-electron chi connectivity index (χ3n) is 4.82. The van der Waals surface area contributed by atoms with Gasteiger partial charge < -0.3 is 9.64 Å². The summed E-state index contributed by atoms with van der Waals surface area (Å²) in [6, 6.07) is 7.21. The summed E-state index contributed by atoms with van der Waals surface area (Å²) >= 11 is 0. The zero-order valence-electron chi connectivity index (χ0n) is 14.6. The predicted molar refractivity (Wildman–Crippen MR) is 91.0 cm³/mol. The van der Waals surface area contributed by atoms with E-state index in [0.29, 0.717) is 31.9 Å². The highest BCUT2D eigenvalue weighted by Crippen LogP contribution is 2.19. The molecule has 1 aromatic carbocycles. The number of imide groups is 1. The van der Waals surface area contributed by atoms with Gasteiger partial charge in [0.2, 0.25) is 11.8 Å². The first kappa shape index (κ1) is 17.4. The van der Waals surface area contributed by atoms with Gasteiger partial charge in [-0.25, -0.2) is 0 Å². The highest BCUT2D eigenvalue weighted by atomic mass is 16.5. The van der Waals surface area contributed by atoms with Crippen molar-refractivity contribution in [3.8, 4) is 5.75 Å². The number of hydrogen-bond donors (Lipinski definition) is 0. The third kappa shape index (κ3) is 3.82. The van der Waals surface area contributed by atoms with Crippen molar-refractivity contribution in [2.45, 2.75) is 19.4 Å². The SMILES string of the molecule is Cc1cccc(OCC(=O)N2CCN(C3CC(=O)N(C)C3=O)CC2)c1. The summed E-state index contributed by atoms with van der Waals surface area (Å²) in [7, 11) is 1.52. The van der Waals surface area contributed by atoms with Gasteiger partial charge in [0.15, 0.2) is 6.61 Å². The van der Waals surface area contributed by atoms with E-state index in [1.807, 2.05) is 36.1 Å². The molecule has 0 N–H and O–H groups in total. The molecule has 0 radical (unpaired) electrons. The molecular weight excluding hydrogens is 322 g/mol. The number of nitrogens with zero attached hydrogens (tertiary/aromatic N) is 3. The van der Waals surface area contributed by atoms with E-state index in [4.69, 9.17) is 4.74 Å². The van der Waals surface area contributed by atoms with E-state index in [2.05, 4.69) is 0 Å². The summed E-state index contributed by atoms with van der Waals surface area (Å²) in [5.74, 6) is 0.338. The van der Waals surface area contributed by atoms with E-state index in [1.54, 1.807) is 4.90 Å². The molecule has 1 atom stereocenters. The van der Waals surface area contributed by atoms with Crippen molar-refractivity contribution in [3.05, 3.63) is 29.8 Å². The van der Waals surface area contributed by atoms with Crippen molar-refractivity contribution in [2.24, 2.45) is 0 Å². The summed E-state index contributed by atoms with van der Waals surface area (Å²) in [5.41, 5.74) is 1.08. The molecule has 0 bridgehead atoms. The Morgan fingerprint density at radius 1 is 1.20 bits per heavy atom. The largest absolute Gasteiger partial charge is 0.484 e. The second kappa shape index (κ2) is 7.23. The third-order valence-corrected chi connectivity index (χ3v) is 4.82. The molecule has 2 aliphatic heterocycles. The minimum Gasteiger partial charge on any atom is -0.484 e. The van der Waals surface area contributed by atoms with Crippen LogP contribution in [0.3, 0.4) is 0 Å². The zero-order valence-corrected chi connectivity index (χ0v) is 14.6. The number of hydrogen-bond acceptors (Lipinski definition) is 5. The Bertz CT molecular complexity index is 683. The molecule has 1 unspecified atom stereocenters. The number of amides is 3. The van der Waals surface area contributed by atoms with Gasteiger partial charge in [0.05, 0.1) is 12.5 Å². The number of carbonyl (C=O) groups excluding carboxylic acids is 3. The van der Waals surface area contributed by atoms with Gasteiger partial charge in [0.1, 0.15) is 5.75 Å². The fourth-order valence-electron chi connectivity index (χ4n) is 3.25. The van der Waals surface area contributed by atoms with Crippen LogP contribution < -0.4 is 4.74 Å². The number of piperazine rings is 1. The minimum atomic E-state index is -0.377. The van der Waals surface area contributed by atoms with Crippen molar-refractivity contribution >= 4 is 17.7 Å². The summed E-state index contributed by atoms with van der Waals surface area (Å²) < 4.78 is 5.56. The molecule has 3 amide bonds. The molecule has 2 aliphatic rings. The normalized spacial score (nSPS) is 21.8. The Morgan fingerprint density at radius 2 is 1.92 bits per heavy atom. The highest BCUT2D eigenvalue weighted by Gasteiger charge is 2.40. The molecule has 2 heterocycles. The summed E-state index contributed by atoms with van der Waals surface area (Å²) in [5, 5.41) is 0. The van der Waals surface area contributed by atoms with E-state index in [-0.39, 0.29) is 36.8 Å². The van der Waals surface area contributed by atoms with E-state index >= 15 is 0 Å². The first-order valence-electron chi connectivity index (χ1n) is 8.47. The van der Waals surface area contributed by atoms with Gasteiger partial charge in [-0.15, -0.1) is 0 Å². The summed E-state index contributed by atoms with van der Waals surface area (Å²) in [6.07, 6.45) is 0.236. The lowest BCUT2D eigenvalue weighted by atomic mass is 10.1. The molecule has 1 aromatic rings. The van der Waals surface area contributed by atoms with Gasteiger partial charge in [0, 0.05) is 33.2 Å². The predicted octanol–water partition coefficient (Wildman–Crippen LogP) is 0.275. The molecule has 0 aliphatic carbocycles. The molecule has 7 heteroatoms. The minimum absolute atomic E-state index is 0.00698. The number of rotatable bonds is 4. The van der Waals surface area contributed by atoms with Crippen LogP contribution in [0.2, 0.25) is 0 Å². The quantitative estimate of drug-likeness (QED) is 0.733. The molecule has 0 saturated carbocycles. The molecule has 25 heavy (non-hydrogen) atoms. The van der Waals surface area contributed by atoms with Gasteiger partial charge in [0.25, 0.3) is 5.91 Å². The summed E-state index contributed by atoms with van der Waals surface area (Å²) in [6.45, 7) is 4.24. The maximum Gasteiger partial charge on any atom is 0.260 e. The van der Waals surface area contributed by atoms with Crippen molar-refractivity contribution < 1.29 is 19.1 Å². The number of likely N-dealkylation sites (N-methyl/N-ethyl adjacent to an activating group) is 1. The van der Waals surface area contributed by atoms with Crippen molar-refractivity contribution in [1.82, 2.24) is 14.7 Å². The Morgan fingerprint density at radius 3 is 2.52 bits per heavy atom. The van der Waals surface area contributed by atoms with Crippen LogP contribution in [0.15, 0.2) is 24.3 Å². The van der Waals surface area contributed by atoms with Crippen LogP contribution in [0.25, 0.3) is 0 Å². The summed E-state index contributed by atoms with van der Waals surface area (Å²) in [4.78, 5) is 41.0. The van der Waals surface area contributed by atoms with Crippen LogP contribution in [0.4, 0.5) is 0 Å². The molecular formula is C18H23N3O4. The van der Waals surface area contributed by atoms with Gasteiger partial charge in [-0.05, 0) is 24.6 Å². The molecule has 0 spiro atoms. The smallest absolute Gasteiger partial charge is 0.260 e. The Balaban J connectivity index is 1.48. The second-order valence-electron chi connectivity index (χ2n) is 6.53. The number of carbonyl (C=O) groups is 3. The molecule has 0 aromatic heterocycles. The van der Waals surface area contributed by atoms with Crippen LogP contribution in [0, 0.1) is 6.92 Å². The number of likely N-dealkylation sites (tertiary alicyclic amines) is 1. The molecule has 2 fully saturated rings. The molecule has 3 rings (SSSR count). The lowest BCUT2D eigenvalue weighted by molar-refractivity contribution is -0.138. The lowest BCUT2D eigenvalue weighted by Gasteiger charge is -2.36. The average molecular weight is 345 g/mol. The van der Waals surface area contributed by atoms with Gasteiger partial charge in [-0.3, -0.25) is 24.2 Å². The van der Waals surface area contributed by atoms with E-state index in [0.717, 1.165) is 5.56 Å². The number of benzene rings is 1. The first-order valence-corrected chi connectivity index (χ1v) is 8.47. The van der Waals surface area contributed by atoms with E-state index in [9.17, 15) is 14.4 Å². The van der Waals surface area contributed by atoms with Crippen LogP contribution in [0.5, 0.6) is 5.75 Å². The molecule has 7 nitrogen and oxygen atoms in total.